The Morgan fingerprint density at radius 1 is 1.24 bits per heavy atom. The highest BCUT2D eigenvalue weighted by Gasteiger charge is 2.21. The summed E-state index contributed by atoms with van der Waals surface area (Å²) in [6.07, 6.45) is 0. The molecule has 1 N–H and O–H groups in total. The van der Waals surface area contributed by atoms with Gasteiger partial charge in [0.25, 0.3) is 0 Å². The van der Waals surface area contributed by atoms with Crippen LogP contribution in [0.3, 0.4) is 0 Å². The van der Waals surface area contributed by atoms with E-state index in [-0.39, 0.29) is 11.9 Å². The third-order valence-electron chi connectivity index (χ3n) is 3.29. The van der Waals surface area contributed by atoms with Gasteiger partial charge >= 0.3 is 0 Å². The number of hydrogen-bond donors (Lipinski definition) is 1. The normalized spacial score (nSPS) is 12.5. The van der Waals surface area contributed by atoms with E-state index >= 15 is 0 Å². The minimum atomic E-state index is -0.306. The van der Waals surface area contributed by atoms with Gasteiger partial charge < -0.3 is 5.32 Å². The molecule has 0 heterocycles. The summed E-state index contributed by atoms with van der Waals surface area (Å²) in [5, 5.41) is 4.37. The summed E-state index contributed by atoms with van der Waals surface area (Å²) in [6, 6.07) is 8.67. The maximum Gasteiger partial charge on any atom is 0.127 e. The van der Waals surface area contributed by atoms with Crippen molar-refractivity contribution in [3.8, 4) is 0 Å². The Morgan fingerprint density at radius 3 is 2.62 bits per heavy atom. The first-order chi connectivity index (χ1) is 9.95. The molecule has 0 saturated carbocycles. The molecular formula is C16H15BrCl2FN. The Balaban J connectivity index is 2.59. The van der Waals surface area contributed by atoms with Crippen molar-refractivity contribution in [3.63, 3.8) is 0 Å². The Morgan fingerprint density at radius 2 is 1.95 bits per heavy atom. The first kappa shape index (κ1) is 16.8. The number of rotatable bonds is 4. The van der Waals surface area contributed by atoms with Crippen molar-refractivity contribution in [1.82, 2.24) is 5.32 Å². The zero-order valence-corrected chi connectivity index (χ0v) is 14.8. The zero-order chi connectivity index (χ0) is 15.6. The van der Waals surface area contributed by atoms with Crippen LogP contribution in [0.25, 0.3) is 0 Å². The predicted octanol–water partition coefficient (Wildman–Crippen LogP) is 5.90. The highest BCUT2D eigenvalue weighted by molar-refractivity contribution is 9.10. The molecule has 1 atom stereocenters. The summed E-state index contributed by atoms with van der Waals surface area (Å²) in [5.74, 6) is -0.306. The third-order valence-corrected chi connectivity index (χ3v) is 4.93. The first-order valence-electron chi connectivity index (χ1n) is 6.58. The number of aryl methyl sites for hydroxylation is 1. The molecular weight excluding hydrogens is 376 g/mol. The molecule has 0 aliphatic rings. The molecule has 1 unspecified atom stereocenters. The van der Waals surface area contributed by atoms with Gasteiger partial charge in [-0.25, -0.2) is 4.39 Å². The molecule has 112 valence electrons. The minimum Gasteiger partial charge on any atom is -0.306 e. The highest BCUT2D eigenvalue weighted by atomic mass is 79.9. The molecule has 2 rings (SSSR count). The molecule has 0 saturated heterocycles. The number of halogens is 4. The van der Waals surface area contributed by atoms with E-state index in [0.717, 1.165) is 22.1 Å². The van der Waals surface area contributed by atoms with Gasteiger partial charge in [0, 0.05) is 9.50 Å². The van der Waals surface area contributed by atoms with Crippen LogP contribution in [0.15, 0.2) is 34.8 Å². The zero-order valence-electron chi connectivity index (χ0n) is 11.7. The van der Waals surface area contributed by atoms with Crippen molar-refractivity contribution in [2.75, 3.05) is 6.54 Å². The maximum atomic E-state index is 13.6. The lowest BCUT2D eigenvalue weighted by Gasteiger charge is -2.22. The van der Waals surface area contributed by atoms with E-state index in [0.29, 0.717) is 15.6 Å². The van der Waals surface area contributed by atoms with E-state index in [2.05, 4.69) is 21.2 Å². The summed E-state index contributed by atoms with van der Waals surface area (Å²) in [4.78, 5) is 0. The summed E-state index contributed by atoms with van der Waals surface area (Å²) in [6.45, 7) is 4.46. The van der Waals surface area contributed by atoms with E-state index < -0.39 is 0 Å². The largest absolute Gasteiger partial charge is 0.306 e. The SMILES string of the molecule is CCNC(c1cc(C)c(F)cc1Cl)c1cccc(Br)c1Cl. The Kier molecular flexibility index (Phi) is 5.67. The standard InChI is InChI=1S/C16H15BrCl2FN/c1-3-21-16(10-5-4-6-12(17)15(10)19)11-7-9(2)14(20)8-13(11)18/h4-8,16,21H,3H2,1-2H3. The monoisotopic (exact) mass is 389 g/mol. The molecule has 0 bridgehead atoms. The van der Waals surface area contributed by atoms with Crippen molar-refractivity contribution in [2.24, 2.45) is 0 Å². The van der Waals surface area contributed by atoms with E-state index in [1.54, 1.807) is 13.0 Å². The van der Waals surface area contributed by atoms with Crippen molar-refractivity contribution in [2.45, 2.75) is 19.9 Å². The average molecular weight is 391 g/mol. The summed E-state index contributed by atoms with van der Waals surface area (Å²) < 4.78 is 14.4. The second-order valence-corrected chi connectivity index (χ2v) is 6.40. The van der Waals surface area contributed by atoms with Gasteiger partial charge in [-0.05, 0) is 64.3 Å². The molecule has 2 aromatic rings. The molecule has 5 heteroatoms. The molecule has 21 heavy (non-hydrogen) atoms. The van der Waals surface area contributed by atoms with Crippen LogP contribution in [0, 0.1) is 12.7 Å². The van der Waals surface area contributed by atoms with Crippen LogP contribution in [-0.2, 0) is 0 Å². The van der Waals surface area contributed by atoms with Gasteiger partial charge in [0.15, 0.2) is 0 Å². The number of nitrogens with one attached hydrogen (secondary N) is 1. The van der Waals surface area contributed by atoms with Crippen molar-refractivity contribution in [3.05, 3.63) is 67.4 Å². The van der Waals surface area contributed by atoms with Gasteiger partial charge in [-0.3, -0.25) is 0 Å². The third kappa shape index (κ3) is 3.59. The Labute approximate surface area is 142 Å². The van der Waals surface area contributed by atoms with Crippen LogP contribution in [0.5, 0.6) is 0 Å². The van der Waals surface area contributed by atoms with Gasteiger partial charge in [0.2, 0.25) is 0 Å². The van der Waals surface area contributed by atoms with Crippen molar-refractivity contribution >= 4 is 39.1 Å². The van der Waals surface area contributed by atoms with Crippen LogP contribution in [0.1, 0.15) is 29.7 Å². The molecule has 0 fully saturated rings. The number of hydrogen-bond acceptors (Lipinski definition) is 1. The quantitative estimate of drug-likeness (QED) is 0.684. The second kappa shape index (κ2) is 7.10. The molecule has 0 aliphatic carbocycles. The second-order valence-electron chi connectivity index (χ2n) is 4.76. The van der Waals surface area contributed by atoms with E-state index in [1.807, 2.05) is 25.1 Å². The first-order valence-corrected chi connectivity index (χ1v) is 8.13. The molecule has 2 aromatic carbocycles. The lowest BCUT2D eigenvalue weighted by atomic mass is 9.97. The number of benzene rings is 2. The smallest absolute Gasteiger partial charge is 0.127 e. The van der Waals surface area contributed by atoms with Gasteiger partial charge in [-0.2, -0.15) is 0 Å². The van der Waals surface area contributed by atoms with Crippen LogP contribution < -0.4 is 5.32 Å². The molecule has 0 aromatic heterocycles. The molecule has 0 amide bonds. The van der Waals surface area contributed by atoms with Crippen LogP contribution >= 0.6 is 39.1 Å². The van der Waals surface area contributed by atoms with E-state index in [9.17, 15) is 4.39 Å². The topological polar surface area (TPSA) is 12.0 Å². The highest BCUT2D eigenvalue weighted by Crippen LogP contribution is 2.36. The fourth-order valence-corrected chi connectivity index (χ4v) is 3.11. The predicted molar refractivity (Wildman–Crippen MR) is 90.8 cm³/mol. The van der Waals surface area contributed by atoms with Gasteiger partial charge in [-0.15, -0.1) is 0 Å². The molecule has 0 aliphatic heterocycles. The fourth-order valence-electron chi connectivity index (χ4n) is 2.24. The van der Waals surface area contributed by atoms with Gasteiger partial charge in [0.1, 0.15) is 5.82 Å². The van der Waals surface area contributed by atoms with Gasteiger partial charge in [-0.1, -0.05) is 42.3 Å². The molecule has 0 spiro atoms. The lowest BCUT2D eigenvalue weighted by Crippen LogP contribution is -2.23. The average Bonchev–Trinajstić information content (AvgIpc) is 2.44. The van der Waals surface area contributed by atoms with Crippen molar-refractivity contribution < 1.29 is 4.39 Å². The summed E-state index contributed by atoms with van der Waals surface area (Å²) in [5.41, 5.74) is 2.28. The van der Waals surface area contributed by atoms with Crippen LogP contribution in [-0.4, -0.2) is 6.54 Å². The summed E-state index contributed by atoms with van der Waals surface area (Å²) in [7, 11) is 0. The van der Waals surface area contributed by atoms with Gasteiger partial charge in [0.05, 0.1) is 11.1 Å². The summed E-state index contributed by atoms with van der Waals surface area (Å²) >= 11 is 16.1. The maximum absolute atomic E-state index is 13.6. The van der Waals surface area contributed by atoms with Crippen LogP contribution in [0.4, 0.5) is 4.39 Å². The molecule has 1 nitrogen and oxygen atoms in total. The fraction of sp³-hybridized carbons (Fsp3) is 0.250. The Bertz CT molecular complexity index is 661. The van der Waals surface area contributed by atoms with Crippen molar-refractivity contribution in [1.29, 1.82) is 0 Å². The van der Waals surface area contributed by atoms with Crippen LogP contribution in [0.2, 0.25) is 10.0 Å². The molecule has 0 radical (unpaired) electrons. The van der Waals surface area contributed by atoms with E-state index in [4.69, 9.17) is 23.2 Å². The van der Waals surface area contributed by atoms with E-state index in [1.165, 1.54) is 6.07 Å². The Hall–Kier alpha value is -0.610. The minimum absolute atomic E-state index is 0.188. The lowest BCUT2D eigenvalue weighted by molar-refractivity contribution is 0.606.